The molecule has 2 aromatic carbocycles. The molecule has 1 aliphatic heterocycles. The quantitative estimate of drug-likeness (QED) is 0.462. The molecule has 186 valence electrons. The summed E-state index contributed by atoms with van der Waals surface area (Å²) in [5.74, 6) is -2.16. The summed E-state index contributed by atoms with van der Waals surface area (Å²) in [5.41, 5.74) is 1.41. The summed E-state index contributed by atoms with van der Waals surface area (Å²) in [6, 6.07) is 11.7. The first-order valence-electron chi connectivity index (χ1n) is 11.7. The number of phenols is 1. The highest BCUT2D eigenvalue weighted by molar-refractivity contribution is 8.01. The molecule has 3 atom stereocenters. The van der Waals surface area contributed by atoms with E-state index in [1.807, 2.05) is 30.3 Å². The van der Waals surface area contributed by atoms with Gasteiger partial charge in [-0.05, 0) is 43.9 Å². The molecular weight excluding hydrogens is 468 g/mol. The fourth-order valence-electron chi connectivity index (χ4n) is 5.14. The fourth-order valence-corrected chi connectivity index (χ4v) is 6.78. The Bertz CT molecular complexity index is 1100. The molecule has 35 heavy (non-hydrogen) atoms. The van der Waals surface area contributed by atoms with E-state index in [4.69, 9.17) is 0 Å². The minimum absolute atomic E-state index is 0.0332. The molecule has 1 saturated carbocycles. The van der Waals surface area contributed by atoms with E-state index in [0.717, 1.165) is 31.2 Å². The van der Waals surface area contributed by atoms with Gasteiger partial charge in [0.15, 0.2) is 6.10 Å². The van der Waals surface area contributed by atoms with Gasteiger partial charge in [-0.1, -0.05) is 49.2 Å². The van der Waals surface area contributed by atoms with Crippen molar-refractivity contribution in [3.05, 3.63) is 65.2 Å². The molecule has 8 nitrogen and oxygen atoms in total. The number of rotatable bonds is 7. The standard InChI is InChI=1S/C26H30N2O6S/c1-16-18(10-7-11-20(16)29)23(31)27-19(14-17-8-3-2-4-9-17)21(30)24(32)28-15-35-26(12-5-6-13-26)22(28)25(33)34/h2-4,7-11,19,21-22,29-30H,5-6,12-15H2,1H3,(H,27,31)(H,33,34)/t19-,21-,22+/m0/s1. The molecule has 4 rings (SSSR count). The van der Waals surface area contributed by atoms with Crippen molar-refractivity contribution in [1.29, 1.82) is 0 Å². The number of carbonyl (C=O) groups is 3. The van der Waals surface area contributed by atoms with Gasteiger partial charge in [-0.15, -0.1) is 11.8 Å². The molecule has 1 saturated heterocycles. The molecule has 1 spiro atoms. The van der Waals surface area contributed by atoms with E-state index in [0.29, 0.717) is 5.56 Å². The molecule has 1 aliphatic carbocycles. The van der Waals surface area contributed by atoms with Crippen LogP contribution >= 0.6 is 11.8 Å². The molecular formula is C26H30N2O6S. The molecule has 0 radical (unpaired) electrons. The molecule has 0 aromatic heterocycles. The number of carboxylic acids is 1. The van der Waals surface area contributed by atoms with E-state index in [2.05, 4.69) is 5.32 Å². The van der Waals surface area contributed by atoms with E-state index in [1.165, 1.54) is 22.7 Å². The second-order valence-electron chi connectivity index (χ2n) is 9.26. The Labute approximate surface area is 208 Å². The summed E-state index contributed by atoms with van der Waals surface area (Å²) < 4.78 is -0.530. The minimum Gasteiger partial charge on any atom is -0.508 e. The predicted octanol–water partition coefficient (Wildman–Crippen LogP) is 2.70. The average Bonchev–Trinajstić information content (AvgIpc) is 3.47. The number of benzene rings is 2. The van der Waals surface area contributed by atoms with Crippen LogP contribution in [0.3, 0.4) is 0 Å². The normalized spacial score (nSPS) is 20.5. The summed E-state index contributed by atoms with van der Waals surface area (Å²) in [6.45, 7) is 1.61. The van der Waals surface area contributed by atoms with Crippen LogP contribution in [0.25, 0.3) is 0 Å². The van der Waals surface area contributed by atoms with Crippen LogP contribution in [-0.4, -0.2) is 66.8 Å². The number of aliphatic hydroxyl groups is 1. The first kappa shape index (κ1) is 25.1. The monoisotopic (exact) mass is 498 g/mol. The van der Waals surface area contributed by atoms with Crippen LogP contribution in [-0.2, 0) is 16.0 Å². The van der Waals surface area contributed by atoms with Gasteiger partial charge >= 0.3 is 5.97 Å². The topological polar surface area (TPSA) is 127 Å². The van der Waals surface area contributed by atoms with Crippen LogP contribution in [0.1, 0.15) is 47.2 Å². The number of phenolic OH excluding ortho intramolecular Hbond substituents is 1. The molecule has 2 aromatic rings. The summed E-state index contributed by atoms with van der Waals surface area (Å²) in [7, 11) is 0. The van der Waals surface area contributed by atoms with Crippen LogP contribution in [0.4, 0.5) is 0 Å². The molecule has 0 bridgehead atoms. The number of nitrogens with zero attached hydrogens (tertiary/aromatic N) is 1. The second kappa shape index (κ2) is 10.3. The van der Waals surface area contributed by atoms with Crippen LogP contribution in [0, 0.1) is 6.92 Å². The first-order valence-corrected chi connectivity index (χ1v) is 12.7. The lowest BCUT2D eigenvalue weighted by Crippen LogP contribution is -2.57. The number of carbonyl (C=O) groups excluding carboxylic acids is 2. The first-order chi connectivity index (χ1) is 16.7. The number of hydrogen-bond donors (Lipinski definition) is 4. The third kappa shape index (κ3) is 5.01. The Kier molecular flexibility index (Phi) is 7.37. The zero-order valence-corrected chi connectivity index (χ0v) is 20.3. The third-order valence-electron chi connectivity index (χ3n) is 7.07. The van der Waals surface area contributed by atoms with Gasteiger partial charge < -0.3 is 25.5 Å². The number of amides is 2. The molecule has 4 N–H and O–H groups in total. The number of nitrogens with one attached hydrogen (secondary N) is 1. The van der Waals surface area contributed by atoms with Gasteiger partial charge in [0.25, 0.3) is 11.8 Å². The van der Waals surface area contributed by atoms with Crippen LogP contribution < -0.4 is 5.32 Å². The number of aliphatic hydroxyl groups excluding tert-OH is 1. The summed E-state index contributed by atoms with van der Waals surface area (Å²) in [6.07, 6.45) is 1.79. The van der Waals surface area contributed by atoms with Crippen molar-refractivity contribution in [2.24, 2.45) is 0 Å². The maximum atomic E-state index is 13.5. The molecule has 2 amide bonds. The van der Waals surface area contributed by atoms with Crippen LogP contribution in [0.15, 0.2) is 48.5 Å². The van der Waals surface area contributed by atoms with E-state index in [9.17, 15) is 29.7 Å². The molecule has 0 unspecified atom stereocenters. The Morgan fingerprint density at radius 1 is 1.11 bits per heavy atom. The number of carboxylic acid groups (broad SMARTS) is 1. The van der Waals surface area contributed by atoms with Gasteiger partial charge in [0.1, 0.15) is 11.8 Å². The van der Waals surface area contributed by atoms with E-state index < -0.39 is 40.7 Å². The van der Waals surface area contributed by atoms with E-state index in [-0.39, 0.29) is 23.6 Å². The number of aromatic hydroxyl groups is 1. The SMILES string of the molecule is Cc1c(O)cccc1C(=O)N[C@@H](Cc1ccccc1)[C@H](O)C(=O)N1CSC2(CCCC2)[C@H]1C(=O)O. The predicted molar refractivity (Wildman–Crippen MR) is 132 cm³/mol. The Hall–Kier alpha value is -3.04. The van der Waals surface area contributed by atoms with Crippen molar-refractivity contribution in [2.45, 2.75) is 62.0 Å². The van der Waals surface area contributed by atoms with Gasteiger partial charge in [0.2, 0.25) is 0 Å². The van der Waals surface area contributed by atoms with Gasteiger partial charge in [-0.2, -0.15) is 0 Å². The lowest BCUT2D eigenvalue weighted by Gasteiger charge is -2.33. The number of thioether (sulfide) groups is 1. The molecule has 9 heteroatoms. The van der Waals surface area contributed by atoms with Crippen LogP contribution in [0.2, 0.25) is 0 Å². The Morgan fingerprint density at radius 2 is 1.80 bits per heavy atom. The minimum atomic E-state index is -1.64. The zero-order valence-electron chi connectivity index (χ0n) is 19.5. The lowest BCUT2D eigenvalue weighted by atomic mass is 9.94. The lowest BCUT2D eigenvalue weighted by molar-refractivity contribution is -0.154. The van der Waals surface area contributed by atoms with Gasteiger partial charge in [-0.25, -0.2) is 4.79 Å². The maximum Gasteiger partial charge on any atom is 0.327 e. The van der Waals surface area contributed by atoms with Gasteiger partial charge in [0, 0.05) is 15.9 Å². The number of hydrogen-bond acceptors (Lipinski definition) is 6. The third-order valence-corrected chi connectivity index (χ3v) is 8.68. The van der Waals surface area contributed by atoms with Crippen molar-refractivity contribution in [3.8, 4) is 5.75 Å². The van der Waals surface area contributed by atoms with Crippen molar-refractivity contribution >= 4 is 29.5 Å². The molecule has 2 aliphatic rings. The maximum absolute atomic E-state index is 13.5. The number of aliphatic carboxylic acids is 1. The average molecular weight is 499 g/mol. The smallest absolute Gasteiger partial charge is 0.327 e. The van der Waals surface area contributed by atoms with Crippen molar-refractivity contribution < 1.29 is 29.7 Å². The molecule has 2 fully saturated rings. The van der Waals surface area contributed by atoms with Crippen molar-refractivity contribution in [3.63, 3.8) is 0 Å². The van der Waals surface area contributed by atoms with Crippen LogP contribution in [0.5, 0.6) is 5.75 Å². The zero-order chi connectivity index (χ0) is 25.2. The van der Waals surface area contributed by atoms with Gasteiger partial charge in [0.05, 0.1) is 11.9 Å². The Morgan fingerprint density at radius 3 is 2.46 bits per heavy atom. The van der Waals surface area contributed by atoms with E-state index in [1.54, 1.807) is 19.1 Å². The highest BCUT2D eigenvalue weighted by Crippen LogP contribution is 2.51. The largest absolute Gasteiger partial charge is 0.508 e. The summed E-state index contributed by atoms with van der Waals surface area (Å²) in [4.78, 5) is 40.0. The highest BCUT2D eigenvalue weighted by atomic mass is 32.2. The van der Waals surface area contributed by atoms with Gasteiger partial charge in [-0.3, -0.25) is 9.59 Å². The fraction of sp³-hybridized carbons (Fsp3) is 0.423. The molecule has 1 heterocycles. The van der Waals surface area contributed by atoms with Crippen molar-refractivity contribution in [1.82, 2.24) is 10.2 Å². The highest BCUT2D eigenvalue weighted by Gasteiger charge is 2.55. The van der Waals surface area contributed by atoms with E-state index >= 15 is 0 Å². The summed E-state index contributed by atoms with van der Waals surface area (Å²) in [5, 5.41) is 33.9. The second-order valence-corrected chi connectivity index (χ2v) is 10.6. The van der Waals surface area contributed by atoms with Crippen molar-refractivity contribution in [2.75, 3.05) is 5.88 Å². The Balaban J connectivity index is 1.60. The summed E-state index contributed by atoms with van der Waals surface area (Å²) >= 11 is 1.47.